The number of anilines is 2. The van der Waals surface area contributed by atoms with Gasteiger partial charge in [0, 0.05) is 10.0 Å². The lowest BCUT2D eigenvalue weighted by Crippen LogP contribution is -2.50. The van der Waals surface area contributed by atoms with Gasteiger partial charge in [0.25, 0.3) is 11.8 Å². The molecule has 0 bridgehead atoms. The molecular weight excluding hydrogens is 599 g/mol. The summed E-state index contributed by atoms with van der Waals surface area (Å²) in [6.07, 6.45) is 0. The van der Waals surface area contributed by atoms with Gasteiger partial charge < -0.3 is 0 Å². The summed E-state index contributed by atoms with van der Waals surface area (Å²) in [5.74, 6) is -3.19. The largest absolute Gasteiger partial charge is 0.274 e. The van der Waals surface area contributed by atoms with Crippen LogP contribution in [0.4, 0.5) is 11.4 Å². The third kappa shape index (κ3) is 3.78. The van der Waals surface area contributed by atoms with Crippen molar-refractivity contribution < 1.29 is 19.2 Å². The highest BCUT2D eigenvalue weighted by atomic mass is 35.5. The minimum absolute atomic E-state index is 0.358. The molecule has 0 saturated carbocycles. The minimum atomic E-state index is -0.944. The Morgan fingerprint density at radius 2 is 0.750 bits per heavy atom. The van der Waals surface area contributed by atoms with Gasteiger partial charge in [-0.05, 0) is 59.7 Å². The summed E-state index contributed by atoms with van der Waals surface area (Å²) in [4.78, 5) is 59.9. The SMILES string of the molecule is O=C1[C@@H]2[C@@H](C(=O)N1c1ccccc1)N1[C@@H](c3ccc(Cl)cc3)[C@@H]3C(=O)N(c4ccccc4)C(=O)[C@@H]3N1[C@@H]2c1ccc(Cl)cc1. The van der Waals surface area contributed by atoms with E-state index in [4.69, 9.17) is 23.2 Å². The van der Waals surface area contributed by atoms with Crippen molar-refractivity contribution in [1.82, 2.24) is 10.0 Å². The topological polar surface area (TPSA) is 81.2 Å². The molecule has 0 aliphatic carbocycles. The third-order valence-electron chi connectivity index (χ3n) is 9.18. The summed E-state index contributed by atoms with van der Waals surface area (Å²) in [5, 5.41) is 4.70. The predicted octanol–water partition coefficient (Wildman–Crippen LogP) is 5.44. The van der Waals surface area contributed by atoms with Crippen LogP contribution in [0.1, 0.15) is 23.2 Å². The summed E-state index contributed by atoms with van der Waals surface area (Å²) in [5.41, 5.74) is 2.39. The fourth-order valence-corrected chi connectivity index (χ4v) is 7.73. The molecule has 4 aromatic rings. The molecule has 6 atom stereocenters. The van der Waals surface area contributed by atoms with Gasteiger partial charge in [0.2, 0.25) is 11.8 Å². The maximum absolute atomic E-state index is 14.4. The van der Waals surface area contributed by atoms with Crippen LogP contribution >= 0.6 is 23.2 Å². The zero-order valence-corrected chi connectivity index (χ0v) is 24.5. The molecule has 0 unspecified atom stereocenters. The first kappa shape index (κ1) is 27.2. The smallest absolute Gasteiger partial charge is 0.253 e. The number of rotatable bonds is 4. The molecule has 0 spiro atoms. The number of benzene rings is 4. The van der Waals surface area contributed by atoms with Gasteiger partial charge >= 0.3 is 0 Å². The van der Waals surface area contributed by atoms with Gasteiger partial charge in [0.05, 0.1) is 35.3 Å². The van der Waals surface area contributed by atoms with Crippen molar-refractivity contribution in [2.75, 3.05) is 9.80 Å². The third-order valence-corrected chi connectivity index (χ3v) is 9.68. The first-order valence-electron chi connectivity index (χ1n) is 14.3. The molecule has 4 saturated heterocycles. The van der Waals surface area contributed by atoms with Gasteiger partial charge in [-0.25, -0.2) is 19.8 Å². The second-order valence-corrected chi connectivity index (χ2v) is 12.3. The first-order chi connectivity index (χ1) is 21.4. The molecule has 4 heterocycles. The van der Waals surface area contributed by atoms with E-state index in [-0.39, 0.29) is 11.8 Å². The molecular formula is C34H24Cl2N4O4. The lowest BCUT2D eigenvalue weighted by Gasteiger charge is -2.35. The van der Waals surface area contributed by atoms with Crippen LogP contribution in [0.3, 0.4) is 0 Å². The Balaban J connectivity index is 1.34. The minimum Gasteiger partial charge on any atom is -0.274 e. The van der Waals surface area contributed by atoms with Crippen LogP contribution in [-0.2, 0) is 19.2 Å². The zero-order chi connectivity index (χ0) is 30.3. The zero-order valence-electron chi connectivity index (χ0n) is 23.0. The van der Waals surface area contributed by atoms with Crippen LogP contribution in [0.15, 0.2) is 109 Å². The number of para-hydroxylation sites is 2. The number of hydrogen-bond donors (Lipinski definition) is 0. The Kier molecular flexibility index (Phi) is 6.25. The van der Waals surface area contributed by atoms with Crippen molar-refractivity contribution >= 4 is 58.2 Å². The van der Waals surface area contributed by atoms with Crippen molar-refractivity contribution in [2.45, 2.75) is 24.2 Å². The standard InChI is InChI=1S/C34H24Cl2N4O4/c35-21-15-11-19(12-16-21)27-25-29(33(43)37(31(25)41)23-7-3-1-4-8-23)39-28(20-13-17-22(36)18-14-20)26-30(40(27)39)34(44)38(32(26)42)24-9-5-2-6-10-24/h1-18,25-30H/t25-,26-,27-,28+,29+,30-/m0/s1. The first-order valence-corrected chi connectivity index (χ1v) is 15.1. The van der Waals surface area contributed by atoms with Gasteiger partial charge in [0.15, 0.2) is 0 Å². The number of halogens is 2. The van der Waals surface area contributed by atoms with E-state index in [1.807, 2.05) is 46.4 Å². The fourth-order valence-electron chi connectivity index (χ4n) is 7.48. The molecule has 218 valence electrons. The Hall–Kier alpha value is -4.34. The van der Waals surface area contributed by atoms with Gasteiger partial charge in [-0.2, -0.15) is 0 Å². The van der Waals surface area contributed by atoms with E-state index < -0.39 is 47.8 Å². The summed E-state index contributed by atoms with van der Waals surface area (Å²) in [6, 6.07) is 28.5. The number of carbonyl (C=O) groups excluding carboxylic acids is 4. The number of carbonyl (C=O) groups is 4. The summed E-state index contributed by atoms with van der Waals surface area (Å²) >= 11 is 12.5. The molecule has 4 aliphatic rings. The fraction of sp³-hybridized carbons (Fsp3) is 0.176. The van der Waals surface area contributed by atoms with Crippen LogP contribution in [0.25, 0.3) is 0 Å². The van der Waals surface area contributed by atoms with Gasteiger partial charge in [0.1, 0.15) is 12.1 Å². The van der Waals surface area contributed by atoms with Crippen LogP contribution < -0.4 is 9.80 Å². The number of imide groups is 2. The molecule has 4 amide bonds. The van der Waals surface area contributed by atoms with E-state index in [0.29, 0.717) is 21.4 Å². The second kappa shape index (κ2) is 10.1. The van der Waals surface area contributed by atoms with E-state index in [2.05, 4.69) is 0 Å². The lowest BCUT2D eigenvalue weighted by atomic mass is 9.84. The predicted molar refractivity (Wildman–Crippen MR) is 164 cm³/mol. The van der Waals surface area contributed by atoms with E-state index in [1.165, 1.54) is 9.80 Å². The summed E-state index contributed by atoms with van der Waals surface area (Å²) in [7, 11) is 0. The highest BCUT2D eigenvalue weighted by Gasteiger charge is 2.73. The monoisotopic (exact) mass is 622 g/mol. The second-order valence-electron chi connectivity index (χ2n) is 11.4. The lowest BCUT2D eigenvalue weighted by molar-refractivity contribution is -0.136. The van der Waals surface area contributed by atoms with Gasteiger partial charge in [-0.3, -0.25) is 19.2 Å². The quantitative estimate of drug-likeness (QED) is 0.282. The van der Waals surface area contributed by atoms with Crippen LogP contribution in [-0.4, -0.2) is 45.7 Å². The van der Waals surface area contributed by atoms with Crippen LogP contribution in [0.5, 0.6) is 0 Å². The Morgan fingerprint density at radius 1 is 0.409 bits per heavy atom. The molecule has 0 radical (unpaired) electrons. The normalized spacial score (nSPS) is 28.1. The average molecular weight is 623 g/mol. The molecule has 8 nitrogen and oxygen atoms in total. The molecule has 0 N–H and O–H groups in total. The van der Waals surface area contributed by atoms with Crippen molar-refractivity contribution in [1.29, 1.82) is 0 Å². The van der Waals surface area contributed by atoms with E-state index in [0.717, 1.165) is 11.1 Å². The molecule has 44 heavy (non-hydrogen) atoms. The number of amides is 4. The van der Waals surface area contributed by atoms with Crippen molar-refractivity contribution in [2.24, 2.45) is 11.8 Å². The van der Waals surface area contributed by atoms with Gasteiger partial charge in [-0.15, -0.1) is 0 Å². The van der Waals surface area contributed by atoms with Crippen molar-refractivity contribution in [3.05, 3.63) is 130 Å². The number of nitrogens with zero attached hydrogens (tertiary/aromatic N) is 4. The Labute approximate surface area is 262 Å². The Morgan fingerprint density at radius 3 is 1.09 bits per heavy atom. The van der Waals surface area contributed by atoms with Gasteiger partial charge in [-0.1, -0.05) is 83.9 Å². The van der Waals surface area contributed by atoms with E-state index in [9.17, 15) is 19.2 Å². The molecule has 10 heteroatoms. The van der Waals surface area contributed by atoms with Crippen LogP contribution in [0.2, 0.25) is 10.0 Å². The summed E-state index contributed by atoms with van der Waals surface area (Å²) in [6.45, 7) is 0. The average Bonchev–Trinajstić information content (AvgIpc) is 3.70. The summed E-state index contributed by atoms with van der Waals surface area (Å²) < 4.78 is 0. The highest BCUT2D eigenvalue weighted by Crippen LogP contribution is 2.59. The van der Waals surface area contributed by atoms with E-state index in [1.54, 1.807) is 72.8 Å². The van der Waals surface area contributed by atoms with E-state index >= 15 is 0 Å². The number of hydrazine groups is 1. The molecule has 8 rings (SSSR count). The Bertz CT molecular complexity index is 1690. The maximum Gasteiger partial charge on any atom is 0.253 e. The van der Waals surface area contributed by atoms with Crippen LogP contribution in [0, 0.1) is 11.8 Å². The highest BCUT2D eigenvalue weighted by molar-refractivity contribution is 6.31. The molecule has 4 aromatic carbocycles. The molecule has 4 fully saturated rings. The number of hydrogen-bond acceptors (Lipinski definition) is 6. The van der Waals surface area contributed by atoms with Crippen molar-refractivity contribution in [3.8, 4) is 0 Å². The molecule has 4 aliphatic heterocycles. The molecule has 0 aromatic heterocycles. The van der Waals surface area contributed by atoms with Crippen molar-refractivity contribution in [3.63, 3.8) is 0 Å². The number of fused-ring (bicyclic) bond motifs is 5. The maximum atomic E-state index is 14.4.